The van der Waals surface area contributed by atoms with Crippen molar-refractivity contribution in [3.63, 3.8) is 0 Å². The predicted molar refractivity (Wildman–Crippen MR) is 81.4 cm³/mol. The van der Waals surface area contributed by atoms with E-state index in [2.05, 4.69) is 20.8 Å². The predicted octanol–water partition coefficient (Wildman–Crippen LogP) is 2.92. The van der Waals surface area contributed by atoms with E-state index in [1.54, 1.807) is 4.90 Å². The smallest absolute Gasteiger partial charge is 0.308 e. The molecule has 4 nitrogen and oxygen atoms in total. The molecule has 0 spiro atoms. The quantitative estimate of drug-likeness (QED) is 0.910. The number of hydrogen-bond donors (Lipinski definition) is 1. The first kappa shape index (κ1) is 15.5. The van der Waals surface area contributed by atoms with Gasteiger partial charge in [-0.15, -0.1) is 0 Å². The second kappa shape index (κ2) is 5.51. The van der Waals surface area contributed by atoms with E-state index in [4.69, 9.17) is 5.11 Å². The molecule has 1 aliphatic rings. The third-order valence-electron chi connectivity index (χ3n) is 4.33. The summed E-state index contributed by atoms with van der Waals surface area (Å²) in [5, 5.41) is 9.14. The zero-order chi connectivity index (χ0) is 15.8. The Morgan fingerprint density at radius 3 is 2.19 bits per heavy atom. The molecule has 0 aromatic heterocycles. The van der Waals surface area contributed by atoms with E-state index >= 15 is 0 Å². The molecule has 1 N–H and O–H groups in total. The maximum absolute atomic E-state index is 12.5. The number of amides is 1. The molecule has 1 aliphatic heterocycles. The molecule has 114 valence electrons. The van der Waals surface area contributed by atoms with Crippen LogP contribution in [0.25, 0.3) is 0 Å². The maximum Gasteiger partial charge on any atom is 0.308 e. The number of nitrogens with zero attached hydrogens (tertiary/aromatic N) is 1. The van der Waals surface area contributed by atoms with Crippen LogP contribution in [0, 0.1) is 5.92 Å². The van der Waals surface area contributed by atoms with Gasteiger partial charge in [0.2, 0.25) is 0 Å². The van der Waals surface area contributed by atoms with Gasteiger partial charge in [-0.1, -0.05) is 32.9 Å². The Balaban J connectivity index is 2.16. The Kier molecular flexibility index (Phi) is 4.08. The van der Waals surface area contributed by atoms with Crippen LogP contribution in [0.2, 0.25) is 0 Å². The topological polar surface area (TPSA) is 57.6 Å². The molecular weight excluding hydrogens is 266 g/mol. The van der Waals surface area contributed by atoms with Gasteiger partial charge in [0.15, 0.2) is 0 Å². The number of hydrogen-bond acceptors (Lipinski definition) is 2. The van der Waals surface area contributed by atoms with E-state index in [-0.39, 0.29) is 17.4 Å². The Bertz CT molecular complexity index is 542. The molecule has 0 aliphatic carbocycles. The largest absolute Gasteiger partial charge is 0.481 e. The first-order valence-electron chi connectivity index (χ1n) is 7.36. The van der Waals surface area contributed by atoms with Crippen LogP contribution in [0.1, 0.15) is 50.0 Å². The number of carboxylic acid groups (broad SMARTS) is 1. The highest BCUT2D eigenvalue weighted by Gasteiger charge is 2.38. The SMILES string of the molecule is CC1C(C(=O)O)CCN1C(=O)c1ccc(C(C)(C)C)cc1. The van der Waals surface area contributed by atoms with E-state index in [0.29, 0.717) is 18.5 Å². The molecule has 21 heavy (non-hydrogen) atoms. The van der Waals surface area contributed by atoms with E-state index in [1.165, 1.54) is 5.56 Å². The van der Waals surface area contributed by atoms with Crippen LogP contribution in [0.5, 0.6) is 0 Å². The molecular formula is C17H23NO3. The molecule has 2 unspecified atom stereocenters. The summed E-state index contributed by atoms with van der Waals surface area (Å²) < 4.78 is 0. The van der Waals surface area contributed by atoms with Crippen LogP contribution < -0.4 is 0 Å². The van der Waals surface area contributed by atoms with Crippen LogP contribution in [0.3, 0.4) is 0 Å². The minimum atomic E-state index is -0.819. The molecule has 1 fully saturated rings. The summed E-state index contributed by atoms with van der Waals surface area (Å²) in [4.78, 5) is 25.3. The van der Waals surface area contributed by atoms with Gasteiger partial charge in [-0.3, -0.25) is 9.59 Å². The zero-order valence-electron chi connectivity index (χ0n) is 13.1. The highest BCUT2D eigenvalue weighted by molar-refractivity contribution is 5.95. The average molecular weight is 289 g/mol. The maximum atomic E-state index is 12.5. The van der Waals surface area contributed by atoms with Crippen LogP contribution in [-0.2, 0) is 10.2 Å². The number of likely N-dealkylation sites (tertiary alicyclic amines) is 1. The number of carboxylic acids is 1. The van der Waals surface area contributed by atoms with Gasteiger partial charge in [-0.05, 0) is 36.5 Å². The van der Waals surface area contributed by atoms with Crippen molar-refractivity contribution < 1.29 is 14.7 Å². The van der Waals surface area contributed by atoms with Crippen LogP contribution in [-0.4, -0.2) is 34.5 Å². The summed E-state index contributed by atoms with van der Waals surface area (Å²) in [5.41, 5.74) is 1.86. The molecule has 2 rings (SSSR count). The van der Waals surface area contributed by atoms with Gasteiger partial charge in [0, 0.05) is 18.2 Å². The van der Waals surface area contributed by atoms with Gasteiger partial charge in [0.25, 0.3) is 5.91 Å². The van der Waals surface area contributed by atoms with Gasteiger partial charge in [-0.2, -0.15) is 0 Å². The third kappa shape index (κ3) is 3.09. The normalized spacial score (nSPS) is 22.4. The van der Waals surface area contributed by atoms with Crippen molar-refractivity contribution in [3.05, 3.63) is 35.4 Å². The van der Waals surface area contributed by atoms with Gasteiger partial charge in [0.05, 0.1) is 5.92 Å². The zero-order valence-corrected chi connectivity index (χ0v) is 13.1. The van der Waals surface area contributed by atoms with Crippen molar-refractivity contribution in [3.8, 4) is 0 Å². The summed E-state index contributed by atoms with van der Waals surface area (Å²) >= 11 is 0. The van der Waals surface area contributed by atoms with Crippen LogP contribution in [0.4, 0.5) is 0 Å². The summed E-state index contributed by atoms with van der Waals surface area (Å²) in [6, 6.07) is 7.37. The molecule has 0 radical (unpaired) electrons. The standard InChI is InChI=1S/C17H23NO3/c1-11-14(16(20)21)9-10-18(11)15(19)12-5-7-13(8-6-12)17(2,3)4/h5-8,11,14H,9-10H2,1-4H3,(H,20,21). The second-order valence-corrected chi connectivity index (χ2v) is 6.80. The second-order valence-electron chi connectivity index (χ2n) is 6.80. The highest BCUT2D eigenvalue weighted by atomic mass is 16.4. The fraction of sp³-hybridized carbons (Fsp3) is 0.529. The summed E-state index contributed by atoms with van der Waals surface area (Å²) in [7, 11) is 0. The summed E-state index contributed by atoms with van der Waals surface area (Å²) in [6.45, 7) is 8.71. The van der Waals surface area contributed by atoms with Crippen molar-refractivity contribution in [2.45, 2.75) is 45.6 Å². The fourth-order valence-electron chi connectivity index (χ4n) is 2.84. The van der Waals surface area contributed by atoms with Crippen molar-refractivity contribution in [1.29, 1.82) is 0 Å². The van der Waals surface area contributed by atoms with E-state index in [1.807, 2.05) is 31.2 Å². The van der Waals surface area contributed by atoms with Gasteiger partial charge in [-0.25, -0.2) is 0 Å². The lowest BCUT2D eigenvalue weighted by molar-refractivity contribution is -0.142. The molecule has 0 bridgehead atoms. The molecule has 1 saturated heterocycles. The lowest BCUT2D eigenvalue weighted by Gasteiger charge is -2.24. The Morgan fingerprint density at radius 2 is 1.76 bits per heavy atom. The Labute approximate surface area is 125 Å². The van der Waals surface area contributed by atoms with Gasteiger partial charge >= 0.3 is 5.97 Å². The van der Waals surface area contributed by atoms with E-state index in [0.717, 1.165) is 0 Å². The monoisotopic (exact) mass is 289 g/mol. The third-order valence-corrected chi connectivity index (χ3v) is 4.33. The molecule has 1 heterocycles. The molecule has 2 atom stereocenters. The van der Waals surface area contributed by atoms with Gasteiger partial charge < -0.3 is 10.0 Å². The Hall–Kier alpha value is -1.84. The lowest BCUT2D eigenvalue weighted by Crippen LogP contribution is -2.37. The van der Waals surface area contributed by atoms with Crippen molar-refractivity contribution >= 4 is 11.9 Å². The Morgan fingerprint density at radius 1 is 1.19 bits per heavy atom. The average Bonchev–Trinajstić information content (AvgIpc) is 2.79. The van der Waals surface area contributed by atoms with E-state index < -0.39 is 11.9 Å². The van der Waals surface area contributed by atoms with Gasteiger partial charge in [0.1, 0.15) is 0 Å². The molecule has 1 aromatic rings. The first-order chi connectivity index (χ1) is 9.71. The number of benzene rings is 1. The minimum absolute atomic E-state index is 0.0525. The van der Waals surface area contributed by atoms with Crippen molar-refractivity contribution in [2.24, 2.45) is 5.92 Å². The highest BCUT2D eigenvalue weighted by Crippen LogP contribution is 2.27. The first-order valence-corrected chi connectivity index (χ1v) is 7.36. The number of carbonyl (C=O) groups is 2. The number of carbonyl (C=O) groups excluding carboxylic acids is 1. The fourth-order valence-corrected chi connectivity index (χ4v) is 2.84. The summed E-state index contributed by atoms with van der Waals surface area (Å²) in [6.07, 6.45) is 0.530. The molecule has 1 amide bonds. The minimum Gasteiger partial charge on any atom is -0.481 e. The summed E-state index contributed by atoms with van der Waals surface area (Å²) in [5.74, 6) is -1.35. The van der Waals surface area contributed by atoms with Crippen LogP contribution >= 0.6 is 0 Å². The lowest BCUT2D eigenvalue weighted by atomic mass is 9.86. The molecule has 1 aromatic carbocycles. The molecule has 4 heteroatoms. The number of rotatable bonds is 2. The van der Waals surface area contributed by atoms with Crippen molar-refractivity contribution in [1.82, 2.24) is 4.90 Å². The number of aliphatic carboxylic acids is 1. The van der Waals surface area contributed by atoms with Crippen molar-refractivity contribution in [2.75, 3.05) is 6.54 Å². The van der Waals surface area contributed by atoms with Crippen LogP contribution in [0.15, 0.2) is 24.3 Å². The molecule has 0 saturated carbocycles. The van der Waals surface area contributed by atoms with E-state index in [9.17, 15) is 9.59 Å².